The van der Waals surface area contributed by atoms with Gasteiger partial charge in [-0.15, -0.1) is 0 Å². The van der Waals surface area contributed by atoms with Crippen LogP contribution < -0.4 is 0 Å². The lowest BCUT2D eigenvalue weighted by Crippen LogP contribution is -2.17. The lowest BCUT2D eigenvalue weighted by Gasteiger charge is -2.13. The zero-order chi connectivity index (χ0) is 12.6. The summed E-state index contributed by atoms with van der Waals surface area (Å²) in [6.07, 6.45) is 1.10. The molecule has 4 nitrogen and oxygen atoms in total. The number of aromatic amines is 1. The van der Waals surface area contributed by atoms with Gasteiger partial charge in [-0.1, -0.05) is 13.8 Å². The molecule has 1 atom stereocenters. The molecule has 0 aliphatic rings. The summed E-state index contributed by atoms with van der Waals surface area (Å²) in [6, 6.07) is 2.98. The van der Waals surface area contributed by atoms with Crippen LogP contribution in [-0.2, 0) is 4.79 Å². The predicted octanol–water partition coefficient (Wildman–Crippen LogP) is 2.53. The third-order valence-corrected chi connectivity index (χ3v) is 2.73. The minimum atomic E-state index is -0.896. The Labute approximate surface area is 97.5 Å². The second-order valence-electron chi connectivity index (χ2n) is 4.38. The van der Waals surface area contributed by atoms with Crippen LogP contribution in [-0.4, -0.2) is 21.0 Å². The first kappa shape index (κ1) is 11.6. The highest BCUT2D eigenvalue weighted by atomic mass is 19.1. The number of fused-ring (bicyclic) bond motifs is 1. The molecule has 0 fully saturated rings. The fourth-order valence-corrected chi connectivity index (χ4v) is 1.95. The molecule has 0 saturated heterocycles. The van der Waals surface area contributed by atoms with Crippen molar-refractivity contribution in [1.82, 2.24) is 9.97 Å². The number of nitrogens with one attached hydrogen (secondary N) is 1. The first-order valence-corrected chi connectivity index (χ1v) is 5.36. The van der Waals surface area contributed by atoms with Crippen LogP contribution in [0.4, 0.5) is 4.39 Å². The molecule has 0 bridgehead atoms. The number of carboxylic acids is 1. The lowest BCUT2D eigenvalue weighted by molar-refractivity contribution is -0.139. The van der Waals surface area contributed by atoms with Crippen molar-refractivity contribution < 1.29 is 14.3 Å². The molecule has 2 aromatic rings. The van der Waals surface area contributed by atoms with Crippen LogP contribution in [0.15, 0.2) is 18.3 Å². The maximum Gasteiger partial charge on any atom is 0.312 e. The highest BCUT2D eigenvalue weighted by Gasteiger charge is 2.25. The van der Waals surface area contributed by atoms with Crippen molar-refractivity contribution in [2.75, 3.05) is 0 Å². The zero-order valence-corrected chi connectivity index (χ0v) is 9.57. The van der Waals surface area contributed by atoms with E-state index in [2.05, 4.69) is 9.97 Å². The molecular weight excluding hydrogens is 223 g/mol. The van der Waals surface area contributed by atoms with Gasteiger partial charge in [0.2, 0.25) is 0 Å². The van der Waals surface area contributed by atoms with Crippen molar-refractivity contribution in [3.8, 4) is 0 Å². The molecular formula is C12H13FN2O2. The van der Waals surface area contributed by atoms with E-state index in [-0.39, 0.29) is 5.92 Å². The molecule has 2 aromatic heterocycles. The Balaban J connectivity index is 2.51. The summed E-state index contributed by atoms with van der Waals surface area (Å²) in [5, 5.41) is 9.75. The highest BCUT2D eigenvalue weighted by molar-refractivity contribution is 5.81. The van der Waals surface area contributed by atoms with Gasteiger partial charge in [0.1, 0.15) is 11.5 Å². The number of hydrogen-bond donors (Lipinski definition) is 2. The number of carbonyl (C=O) groups is 1. The van der Waals surface area contributed by atoms with Crippen LogP contribution in [0.25, 0.3) is 11.0 Å². The van der Waals surface area contributed by atoms with Crippen LogP contribution in [0.5, 0.6) is 0 Å². The Morgan fingerprint density at radius 2 is 2.18 bits per heavy atom. The summed E-state index contributed by atoms with van der Waals surface area (Å²) in [6.45, 7) is 3.66. The van der Waals surface area contributed by atoms with E-state index >= 15 is 0 Å². The molecule has 90 valence electrons. The number of pyridine rings is 1. The highest BCUT2D eigenvalue weighted by Crippen LogP contribution is 2.26. The van der Waals surface area contributed by atoms with Gasteiger partial charge in [-0.3, -0.25) is 4.79 Å². The first-order chi connectivity index (χ1) is 7.99. The number of aliphatic carboxylic acids is 1. The van der Waals surface area contributed by atoms with Crippen molar-refractivity contribution in [3.05, 3.63) is 29.8 Å². The Morgan fingerprint density at radius 1 is 1.47 bits per heavy atom. The SMILES string of the molecule is CC(C)C(C(=O)O)c1cc2cc(F)cnc2[nH]1. The summed E-state index contributed by atoms with van der Waals surface area (Å²) >= 11 is 0. The van der Waals surface area contributed by atoms with Crippen molar-refractivity contribution in [2.45, 2.75) is 19.8 Å². The Hall–Kier alpha value is -1.91. The zero-order valence-electron chi connectivity index (χ0n) is 9.57. The summed E-state index contributed by atoms with van der Waals surface area (Å²) in [4.78, 5) is 18.0. The molecule has 0 spiro atoms. The van der Waals surface area contributed by atoms with E-state index in [9.17, 15) is 9.18 Å². The minimum Gasteiger partial charge on any atom is -0.481 e. The fraction of sp³-hybridized carbons (Fsp3) is 0.333. The molecule has 0 radical (unpaired) electrons. The number of hydrogen-bond acceptors (Lipinski definition) is 2. The van der Waals surface area contributed by atoms with Gasteiger partial charge in [0, 0.05) is 11.1 Å². The van der Waals surface area contributed by atoms with Crippen molar-refractivity contribution in [1.29, 1.82) is 0 Å². The second-order valence-corrected chi connectivity index (χ2v) is 4.38. The maximum absolute atomic E-state index is 13.0. The standard InChI is InChI=1S/C12H13FN2O2/c1-6(2)10(12(16)17)9-4-7-3-8(13)5-14-11(7)15-9/h3-6,10H,1-2H3,(H,14,15)(H,16,17). The second kappa shape index (κ2) is 4.16. The van der Waals surface area contributed by atoms with E-state index in [1.807, 2.05) is 13.8 Å². The van der Waals surface area contributed by atoms with Crippen LogP contribution in [0.2, 0.25) is 0 Å². The number of nitrogens with zero attached hydrogens (tertiary/aromatic N) is 1. The van der Waals surface area contributed by atoms with Crippen LogP contribution in [0, 0.1) is 11.7 Å². The fourth-order valence-electron chi connectivity index (χ4n) is 1.95. The summed E-state index contributed by atoms with van der Waals surface area (Å²) in [5.41, 5.74) is 1.06. The van der Waals surface area contributed by atoms with E-state index in [1.165, 1.54) is 6.07 Å². The summed E-state index contributed by atoms with van der Waals surface area (Å²) in [7, 11) is 0. The molecule has 0 saturated carbocycles. The van der Waals surface area contributed by atoms with Gasteiger partial charge >= 0.3 is 5.97 Å². The normalized spacial score (nSPS) is 13.2. The number of rotatable bonds is 3. The van der Waals surface area contributed by atoms with E-state index in [0.29, 0.717) is 16.7 Å². The third-order valence-electron chi connectivity index (χ3n) is 2.73. The van der Waals surface area contributed by atoms with Gasteiger partial charge in [0.25, 0.3) is 0 Å². The molecule has 0 aromatic carbocycles. The van der Waals surface area contributed by atoms with Crippen molar-refractivity contribution in [2.24, 2.45) is 5.92 Å². The van der Waals surface area contributed by atoms with Gasteiger partial charge in [0.05, 0.1) is 12.1 Å². The lowest BCUT2D eigenvalue weighted by atomic mass is 9.93. The van der Waals surface area contributed by atoms with Gasteiger partial charge < -0.3 is 10.1 Å². The van der Waals surface area contributed by atoms with Gasteiger partial charge in [-0.2, -0.15) is 0 Å². The minimum absolute atomic E-state index is 0.0505. The number of carboxylic acid groups (broad SMARTS) is 1. The molecule has 0 amide bonds. The maximum atomic E-state index is 13.0. The largest absolute Gasteiger partial charge is 0.481 e. The predicted molar refractivity (Wildman–Crippen MR) is 61.3 cm³/mol. The molecule has 1 unspecified atom stereocenters. The quantitative estimate of drug-likeness (QED) is 0.860. The first-order valence-electron chi connectivity index (χ1n) is 5.36. The average Bonchev–Trinajstić information content (AvgIpc) is 2.58. The van der Waals surface area contributed by atoms with Crippen LogP contribution in [0.1, 0.15) is 25.5 Å². The Bertz CT molecular complexity index is 563. The molecule has 2 N–H and O–H groups in total. The van der Waals surface area contributed by atoms with E-state index in [4.69, 9.17) is 5.11 Å². The molecule has 0 aliphatic heterocycles. The number of H-pyrrole nitrogens is 1. The smallest absolute Gasteiger partial charge is 0.312 e. The van der Waals surface area contributed by atoms with Crippen molar-refractivity contribution >= 4 is 17.0 Å². The van der Waals surface area contributed by atoms with E-state index in [0.717, 1.165) is 6.20 Å². The third kappa shape index (κ3) is 2.13. The van der Waals surface area contributed by atoms with Gasteiger partial charge in [-0.05, 0) is 18.1 Å². The molecule has 0 aliphatic carbocycles. The monoisotopic (exact) mass is 236 g/mol. The molecule has 2 heterocycles. The van der Waals surface area contributed by atoms with Crippen LogP contribution >= 0.6 is 0 Å². The molecule has 17 heavy (non-hydrogen) atoms. The van der Waals surface area contributed by atoms with Crippen molar-refractivity contribution in [3.63, 3.8) is 0 Å². The van der Waals surface area contributed by atoms with E-state index < -0.39 is 17.7 Å². The van der Waals surface area contributed by atoms with E-state index in [1.54, 1.807) is 6.07 Å². The van der Waals surface area contributed by atoms with Crippen LogP contribution in [0.3, 0.4) is 0 Å². The van der Waals surface area contributed by atoms with Gasteiger partial charge in [0.15, 0.2) is 0 Å². The number of aromatic nitrogens is 2. The number of halogens is 1. The topological polar surface area (TPSA) is 66.0 Å². The summed E-state index contributed by atoms with van der Waals surface area (Å²) in [5.74, 6) is -2.01. The van der Waals surface area contributed by atoms with Gasteiger partial charge in [-0.25, -0.2) is 9.37 Å². The Kier molecular flexibility index (Phi) is 2.83. The average molecular weight is 236 g/mol. The Morgan fingerprint density at radius 3 is 2.76 bits per heavy atom. The summed E-state index contributed by atoms with van der Waals surface area (Å²) < 4.78 is 13.0. The molecule has 2 rings (SSSR count). The molecule has 5 heteroatoms.